The number of nitrogens with zero attached hydrogens (tertiary/aromatic N) is 1. The van der Waals surface area contributed by atoms with Crippen LogP contribution in [0.1, 0.15) is 35.3 Å². The van der Waals surface area contributed by atoms with Gasteiger partial charge in [-0.05, 0) is 48.4 Å². The molecule has 0 radical (unpaired) electrons. The van der Waals surface area contributed by atoms with Gasteiger partial charge in [0.15, 0.2) is 0 Å². The zero-order chi connectivity index (χ0) is 17.8. The van der Waals surface area contributed by atoms with Crippen molar-refractivity contribution >= 4 is 35.6 Å². The van der Waals surface area contributed by atoms with Crippen molar-refractivity contribution in [2.75, 3.05) is 23.3 Å². The third kappa shape index (κ3) is 4.23. The van der Waals surface area contributed by atoms with E-state index in [1.165, 1.54) is 0 Å². The Balaban J connectivity index is 0.00000243. The molecule has 1 heterocycles. The van der Waals surface area contributed by atoms with Crippen LogP contribution < -0.4 is 15.5 Å². The predicted molar refractivity (Wildman–Crippen MR) is 107 cm³/mol. The predicted octanol–water partition coefficient (Wildman–Crippen LogP) is 3.38. The molecule has 0 atom stereocenters. The van der Waals surface area contributed by atoms with Crippen LogP contribution in [-0.4, -0.2) is 24.9 Å². The quantitative estimate of drug-likeness (QED) is 0.844. The Bertz CT molecular complexity index is 807. The maximum absolute atomic E-state index is 12.6. The Kier molecular flexibility index (Phi) is 6.77. The summed E-state index contributed by atoms with van der Waals surface area (Å²) < 4.78 is 0. The van der Waals surface area contributed by atoms with Crippen molar-refractivity contribution in [1.82, 2.24) is 5.32 Å². The molecule has 3 rings (SSSR count). The molecule has 0 saturated carbocycles. The van der Waals surface area contributed by atoms with Gasteiger partial charge in [-0.2, -0.15) is 0 Å². The minimum absolute atomic E-state index is 0. The highest BCUT2D eigenvalue weighted by atomic mass is 35.5. The Morgan fingerprint density at radius 1 is 1.15 bits per heavy atom. The molecule has 26 heavy (non-hydrogen) atoms. The highest BCUT2D eigenvalue weighted by Gasteiger charge is 2.23. The lowest BCUT2D eigenvalue weighted by Crippen LogP contribution is -2.25. The number of benzene rings is 2. The molecule has 1 aliphatic rings. The van der Waals surface area contributed by atoms with Crippen molar-refractivity contribution in [3.05, 3.63) is 59.2 Å². The summed E-state index contributed by atoms with van der Waals surface area (Å²) in [5.74, 6) is -0.0960. The second-order valence-electron chi connectivity index (χ2n) is 6.16. The van der Waals surface area contributed by atoms with Gasteiger partial charge in [0.25, 0.3) is 5.91 Å². The van der Waals surface area contributed by atoms with E-state index >= 15 is 0 Å². The van der Waals surface area contributed by atoms with Gasteiger partial charge in [0.1, 0.15) is 0 Å². The van der Waals surface area contributed by atoms with E-state index in [4.69, 9.17) is 0 Å². The van der Waals surface area contributed by atoms with Gasteiger partial charge in [-0.3, -0.25) is 9.59 Å². The number of halogens is 1. The van der Waals surface area contributed by atoms with Crippen LogP contribution in [0.15, 0.2) is 42.5 Å². The zero-order valence-electron chi connectivity index (χ0n) is 15.0. The molecule has 2 aromatic rings. The van der Waals surface area contributed by atoms with E-state index in [2.05, 4.69) is 17.6 Å². The lowest BCUT2D eigenvalue weighted by atomic mass is 10.1. The summed E-state index contributed by atoms with van der Waals surface area (Å²) in [6.07, 6.45) is 0.785. The van der Waals surface area contributed by atoms with Crippen LogP contribution in [0.2, 0.25) is 0 Å². The van der Waals surface area contributed by atoms with Gasteiger partial charge in [0, 0.05) is 37.0 Å². The van der Waals surface area contributed by atoms with Crippen molar-refractivity contribution in [2.24, 2.45) is 0 Å². The summed E-state index contributed by atoms with van der Waals surface area (Å²) in [7, 11) is 0. The molecule has 2 N–H and O–H groups in total. The first-order valence-electron chi connectivity index (χ1n) is 8.61. The molecular weight excluding hydrogens is 350 g/mol. The van der Waals surface area contributed by atoms with E-state index in [1.54, 1.807) is 17.9 Å². The second kappa shape index (κ2) is 8.83. The van der Waals surface area contributed by atoms with E-state index in [0.717, 1.165) is 35.5 Å². The third-order valence-corrected chi connectivity index (χ3v) is 4.45. The smallest absolute Gasteiger partial charge is 0.255 e. The molecule has 6 heteroatoms. The van der Waals surface area contributed by atoms with E-state index < -0.39 is 0 Å². The summed E-state index contributed by atoms with van der Waals surface area (Å²) in [5.41, 5.74) is 4.45. The SMILES string of the molecule is CCNCc1ccccc1NC(=O)c1ccc2c(c1)CCN2C(C)=O.Cl. The lowest BCUT2D eigenvalue weighted by molar-refractivity contribution is -0.116. The monoisotopic (exact) mass is 373 g/mol. The number of fused-ring (bicyclic) bond motifs is 1. The van der Waals surface area contributed by atoms with Crippen molar-refractivity contribution < 1.29 is 9.59 Å². The van der Waals surface area contributed by atoms with Crippen molar-refractivity contribution in [3.8, 4) is 0 Å². The first-order chi connectivity index (χ1) is 12.1. The minimum Gasteiger partial charge on any atom is -0.322 e. The molecule has 1 aliphatic heterocycles. The van der Waals surface area contributed by atoms with E-state index in [0.29, 0.717) is 18.7 Å². The van der Waals surface area contributed by atoms with E-state index in [9.17, 15) is 9.59 Å². The van der Waals surface area contributed by atoms with Crippen LogP contribution in [0.25, 0.3) is 0 Å². The molecule has 138 valence electrons. The highest BCUT2D eigenvalue weighted by Crippen LogP contribution is 2.29. The molecule has 5 nitrogen and oxygen atoms in total. The second-order valence-corrected chi connectivity index (χ2v) is 6.16. The topological polar surface area (TPSA) is 61.4 Å². The molecule has 0 saturated heterocycles. The lowest BCUT2D eigenvalue weighted by Gasteiger charge is -2.15. The molecule has 0 unspecified atom stereocenters. The molecular formula is C20H24ClN3O2. The number of rotatable bonds is 5. The number of nitrogens with one attached hydrogen (secondary N) is 2. The minimum atomic E-state index is -0.131. The van der Waals surface area contributed by atoms with Gasteiger partial charge in [-0.15, -0.1) is 12.4 Å². The highest BCUT2D eigenvalue weighted by molar-refractivity contribution is 6.05. The first kappa shape index (κ1) is 19.9. The summed E-state index contributed by atoms with van der Waals surface area (Å²) in [6.45, 7) is 5.89. The van der Waals surface area contributed by atoms with Crippen LogP contribution in [0.4, 0.5) is 11.4 Å². The molecule has 0 aromatic heterocycles. The normalized spacial score (nSPS) is 12.3. The fourth-order valence-electron chi connectivity index (χ4n) is 3.12. The number of hydrogen-bond donors (Lipinski definition) is 2. The third-order valence-electron chi connectivity index (χ3n) is 4.45. The number of amides is 2. The Morgan fingerprint density at radius 2 is 1.92 bits per heavy atom. The Labute approximate surface area is 160 Å². The Morgan fingerprint density at radius 3 is 2.65 bits per heavy atom. The largest absolute Gasteiger partial charge is 0.322 e. The van der Waals surface area contributed by atoms with Gasteiger partial charge in [0.05, 0.1) is 0 Å². The van der Waals surface area contributed by atoms with Crippen molar-refractivity contribution in [3.63, 3.8) is 0 Å². The number of carbonyl (C=O) groups is 2. The Hall–Kier alpha value is -2.37. The summed E-state index contributed by atoms with van der Waals surface area (Å²) in [5, 5.41) is 6.28. The molecule has 0 aliphatic carbocycles. The number of carbonyl (C=O) groups excluding carboxylic acids is 2. The summed E-state index contributed by atoms with van der Waals surface area (Å²) in [6, 6.07) is 13.3. The standard InChI is InChI=1S/C20H23N3O2.ClH/c1-3-21-13-17-6-4-5-7-18(17)22-20(25)16-8-9-19-15(12-16)10-11-23(19)14(2)24;/h4-9,12,21H,3,10-11,13H2,1-2H3,(H,22,25);1H. The molecule has 2 aromatic carbocycles. The molecule has 0 fully saturated rings. The van der Waals surface area contributed by atoms with Gasteiger partial charge < -0.3 is 15.5 Å². The molecule has 0 spiro atoms. The molecule has 2 amide bonds. The van der Waals surface area contributed by atoms with Crippen LogP contribution in [0.3, 0.4) is 0 Å². The van der Waals surface area contributed by atoms with Crippen molar-refractivity contribution in [2.45, 2.75) is 26.8 Å². The van der Waals surface area contributed by atoms with Crippen LogP contribution >= 0.6 is 12.4 Å². The number of hydrogen-bond acceptors (Lipinski definition) is 3. The number of para-hydroxylation sites is 1. The van der Waals surface area contributed by atoms with Gasteiger partial charge in [-0.1, -0.05) is 25.1 Å². The summed E-state index contributed by atoms with van der Waals surface area (Å²) >= 11 is 0. The summed E-state index contributed by atoms with van der Waals surface area (Å²) in [4.78, 5) is 26.0. The van der Waals surface area contributed by atoms with Crippen LogP contribution in [0.5, 0.6) is 0 Å². The van der Waals surface area contributed by atoms with E-state index in [-0.39, 0.29) is 24.2 Å². The maximum atomic E-state index is 12.6. The zero-order valence-corrected chi connectivity index (χ0v) is 15.9. The first-order valence-corrected chi connectivity index (χ1v) is 8.61. The average molecular weight is 374 g/mol. The van der Waals surface area contributed by atoms with Gasteiger partial charge >= 0.3 is 0 Å². The fraction of sp³-hybridized carbons (Fsp3) is 0.300. The van der Waals surface area contributed by atoms with Crippen LogP contribution in [0, 0.1) is 0 Å². The maximum Gasteiger partial charge on any atom is 0.255 e. The average Bonchev–Trinajstić information content (AvgIpc) is 3.04. The fourth-order valence-corrected chi connectivity index (χ4v) is 3.12. The van der Waals surface area contributed by atoms with Gasteiger partial charge in [-0.25, -0.2) is 0 Å². The number of anilines is 2. The van der Waals surface area contributed by atoms with Crippen LogP contribution in [-0.2, 0) is 17.8 Å². The van der Waals surface area contributed by atoms with Crippen molar-refractivity contribution in [1.29, 1.82) is 0 Å². The molecule has 0 bridgehead atoms. The van der Waals surface area contributed by atoms with E-state index in [1.807, 2.05) is 36.4 Å². The van der Waals surface area contributed by atoms with Gasteiger partial charge in [0.2, 0.25) is 5.91 Å².